The van der Waals surface area contributed by atoms with Gasteiger partial charge in [0.05, 0.1) is 13.7 Å². The number of nitrogens with zero attached hydrogens (tertiary/aromatic N) is 3. The van der Waals surface area contributed by atoms with E-state index in [2.05, 4.69) is 33.0 Å². The molecule has 1 atom stereocenters. The van der Waals surface area contributed by atoms with E-state index in [-0.39, 0.29) is 17.2 Å². The van der Waals surface area contributed by atoms with Crippen molar-refractivity contribution in [2.45, 2.75) is 64.6 Å². The van der Waals surface area contributed by atoms with Crippen LogP contribution in [0, 0.1) is 5.41 Å². The molecule has 1 unspecified atom stereocenters. The summed E-state index contributed by atoms with van der Waals surface area (Å²) in [6.45, 7) is 9.10. The molecule has 0 bridgehead atoms. The molecular formula is C24H32N4O3S. The zero-order valence-electron chi connectivity index (χ0n) is 19.5. The summed E-state index contributed by atoms with van der Waals surface area (Å²) in [7, 11) is 1.64. The van der Waals surface area contributed by atoms with Gasteiger partial charge in [0, 0.05) is 23.4 Å². The summed E-state index contributed by atoms with van der Waals surface area (Å²) in [6, 6.07) is 5.55. The molecule has 7 nitrogen and oxygen atoms in total. The molecule has 32 heavy (non-hydrogen) atoms. The predicted octanol–water partition coefficient (Wildman–Crippen LogP) is 5.24. The predicted molar refractivity (Wildman–Crippen MR) is 127 cm³/mol. The van der Waals surface area contributed by atoms with Crippen molar-refractivity contribution in [3.05, 3.63) is 35.0 Å². The van der Waals surface area contributed by atoms with Gasteiger partial charge in [-0.2, -0.15) is 4.98 Å². The normalized spacial score (nSPS) is 19.3. The number of ketones is 1. The molecular weight excluding hydrogens is 424 g/mol. The van der Waals surface area contributed by atoms with Crippen LogP contribution < -0.4 is 14.8 Å². The van der Waals surface area contributed by atoms with Crippen molar-refractivity contribution in [3.8, 4) is 11.5 Å². The maximum atomic E-state index is 13.4. The van der Waals surface area contributed by atoms with E-state index in [9.17, 15) is 4.79 Å². The zero-order valence-corrected chi connectivity index (χ0v) is 20.3. The highest BCUT2D eigenvalue weighted by atomic mass is 32.2. The van der Waals surface area contributed by atoms with E-state index in [1.54, 1.807) is 18.9 Å². The Hall–Kier alpha value is -2.48. The lowest BCUT2D eigenvalue weighted by Gasteiger charge is -2.38. The van der Waals surface area contributed by atoms with E-state index >= 15 is 0 Å². The molecule has 1 aliphatic heterocycles. The third-order valence-electron chi connectivity index (χ3n) is 5.71. The number of benzene rings is 1. The number of thioether (sulfide) groups is 1. The van der Waals surface area contributed by atoms with Crippen LogP contribution in [0.15, 0.2) is 34.6 Å². The highest BCUT2D eigenvalue weighted by molar-refractivity contribution is 7.99. The summed E-state index contributed by atoms with van der Waals surface area (Å²) in [5, 5.41) is 8.93. The zero-order chi connectivity index (χ0) is 22.9. The smallest absolute Gasteiger partial charge is 0.227 e. The maximum Gasteiger partial charge on any atom is 0.227 e. The van der Waals surface area contributed by atoms with Gasteiger partial charge >= 0.3 is 0 Å². The second-order valence-corrected chi connectivity index (χ2v) is 10.2. The van der Waals surface area contributed by atoms with Gasteiger partial charge in [-0.05, 0) is 42.4 Å². The van der Waals surface area contributed by atoms with Crippen molar-refractivity contribution >= 4 is 23.5 Å². The molecule has 0 spiro atoms. The van der Waals surface area contributed by atoms with E-state index in [1.165, 1.54) is 0 Å². The molecule has 1 aromatic heterocycles. The van der Waals surface area contributed by atoms with Gasteiger partial charge in [0.25, 0.3) is 0 Å². The molecule has 0 amide bonds. The summed E-state index contributed by atoms with van der Waals surface area (Å²) in [5.41, 5.74) is 2.57. The van der Waals surface area contributed by atoms with E-state index in [0.29, 0.717) is 30.5 Å². The van der Waals surface area contributed by atoms with Gasteiger partial charge in [-0.25, -0.2) is 4.68 Å². The number of aromatic nitrogens is 3. The van der Waals surface area contributed by atoms with Crippen LogP contribution in [-0.4, -0.2) is 40.0 Å². The van der Waals surface area contributed by atoms with Crippen LogP contribution in [-0.2, 0) is 4.79 Å². The van der Waals surface area contributed by atoms with Crippen molar-refractivity contribution in [1.82, 2.24) is 14.8 Å². The Labute approximate surface area is 194 Å². The first kappa shape index (κ1) is 22.7. The van der Waals surface area contributed by atoms with Crippen LogP contribution in [0.5, 0.6) is 11.5 Å². The number of nitrogens with one attached hydrogen (secondary N) is 1. The molecule has 2 heterocycles. The molecule has 0 fully saturated rings. The second kappa shape index (κ2) is 9.17. The molecule has 8 heteroatoms. The average Bonchev–Trinajstić information content (AvgIpc) is 3.16. The third kappa shape index (κ3) is 4.37. The van der Waals surface area contributed by atoms with E-state index < -0.39 is 0 Å². The molecule has 0 radical (unpaired) electrons. The minimum Gasteiger partial charge on any atom is -0.493 e. The van der Waals surface area contributed by atoms with Crippen molar-refractivity contribution in [2.75, 3.05) is 24.8 Å². The Kier molecular flexibility index (Phi) is 6.51. The fourth-order valence-corrected chi connectivity index (χ4v) is 5.02. The minimum atomic E-state index is -0.345. The molecule has 4 rings (SSSR count). The Balaban J connectivity index is 1.81. The molecule has 172 valence electrons. The number of carbonyl (C=O) groups excluding carboxylic acids is 1. The average molecular weight is 457 g/mol. The monoisotopic (exact) mass is 456 g/mol. The highest BCUT2D eigenvalue weighted by Crippen LogP contribution is 2.46. The lowest BCUT2D eigenvalue weighted by atomic mass is 9.73. The summed E-state index contributed by atoms with van der Waals surface area (Å²) in [4.78, 5) is 18.1. The van der Waals surface area contributed by atoms with Crippen LogP contribution in [0.1, 0.15) is 65.0 Å². The molecule has 0 saturated carbocycles. The molecule has 2 aromatic rings. The number of hydrogen-bond acceptors (Lipinski definition) is 7. The van der Waals surface area contributed by atoms with E-state index in [0.717, 1.165) is 47.0 Å². The number of anilines is 1. The van der Waals surface area contributed by atoms with Crippen LogP contribution in [0.3, 0.4) is 0 Å². The first-order valence-corrected chi connectivity index (χ1v) is 12.3. The van der Waals surface area contributed by atoms with Gasteiger partial charge in [-0.15, -0.1) is 5.10 Å². The number of carbonyl (C=O) groups is 1. The van der Waals surface area contributed by atoms with Gasteiger partial charge in [0.2, 0.25) is 11.1 Å². The molecule has 2 aliphatic rings. The number of methoxy groups -OCH3 is 1. The van der Waals surface area contributed by atoms with Crippen molar-refractivity contribution < 1.29 is 14.3 Å². The van der Waals surface area contributed by atoms with Gasteiger partial charge < -0.3 is 14.8 Å². The summed E-state index contributed by atoms with van der Waals surface area (Å²) in [6.07, 6.45) is 3.27. The topological polar surface area (TPSA) is 78.3 Å². The van der Waals surface area contributed by atoms with Crippen molar-refractivity contribution in [1.29, 1.82) is 0 Å². The van der Waals surface area contributed by atoms with Gasteiger partial charge in [-0.1, -0.05) is 45.5 Å². The summed E-state index contributed by atoms with van der Waals surface area (Å²) >= 11 is 1.63. The number of Topliss-reactive ketones (excluding diaryl/α,β-unsaturated/α-hetero) is 1. The second-order valence-electron chi connectivity index (χ2n) is 9.13. The van der Waals surface area contributed by atoms with Crippen LogP contribution in [0.4, 0.5) is 5.95 Å². The Morgan fingerprint density at radius 1 is 1.22 bits per heavy atom. The fraction of sp³-hybridized carbons (Fsp3) is 0.542. The van der Waals surface area contributed by atoms with Gasteiger partial charge in [-0.3, -0.25) is 4.79 Å². The lowest BCUT2D eigenvalue weighted by Crippen LogP contribution is -2.36. The van der Waals surface area contributed by atoms with Crippen molar-refractivity contribution in [3.63, 3.8) is 0 Å². The molecule has 0 saturated heterocycles. The number of ether oxygens (including phenoxy) is 2. The number of hydrogen-bond donors (Lipinski definition) is 1. The number of allylic oxidation sites excluding steroid dienone is 2. The molecule has 1 N–H and O–H groups in total. The lowest BCUT2D eigenvalue weighted by molar-refractivity contribution is -0.118. The SMILES string of the molecule is CCCOc1ccc(C2C3=C(CC(C)(C)CC3=O)Nc3nc(SCCC)nn32)cc1OC. The number of rotatable bonds is 8. The first-order chi connectivity index (χ1) is 15.4. The molecule has 1 aromatic carbocycles. The largest absolute Gasteiger partial charge is 0.493 e. The Morgan fingerprint density at radius 2 is 2.03 bits per heavy atom. The highest BCUT2D eigenvalue weighted by Gasteiger charge is 2.42. The van der Waals surface area contributed by atoms with Gasteiger partial charge in [0.15, 0.2) is 17.3 Å². The fourth-order valence-electron chi connectivity index (χ4n) is 4.34. The maximum absolute atomic E-state index is 13.4. The van der Waals surface area contributed by atoms with Crippen LogP contribution in [0.2, 0.25) is 0 Å². The third-order valence-corrected chi connectivity index (χ3v) is 6.76. The Bertz CT molecular complexity index is 1040. The standard InChI is InChI=1S/C24H32N4O3S/c1-6-10-31-18-9-8-15(12-19(18)30-5)21-20-16(13-24(3,4)14-17(20)29)25-22-26-23(27-28(21)22)32-11-7-2/h8-9,12,21H,6-7,10-11,13-14H2,1-5H3,(H,25,26,27). The Morgan fingerprint density at radius 3 is 2.75 bits per heavy atom. The summed E-state index contributed by atoms with van der Waals surface area (Å²) in [5.74, 6) is 3.15. The molecule has 1 aliphatic carbocycles. The van der Waals surface area contributed by atoms with E-state index in [4.69, 9.17) is 19.6 Å². The minimum absolute atomic E-state index is 0.0923. The van der Waals surface area contributed by atoms with Crippen molar-refractivity contribution in [2.24, 2.45) is 5.41 Å². The van der Waals surface area contributed by atoms with Crippen LogP contribution >= 0.6 is 11.8 Å². The van der Waals surface area contributed by atoms with Gasteiger partial charge in [0.1, 0.15) is 6.04 Å². The quantitative estimate of drug-likeness (QED) is 0.545. The number of fused-ring (bicyclic) bond motifs is 1. The van der Waals surface area contributed by atoms with E-state index in [1.807, 2.05) is 22.9 Å². The van der Waals surface area contributed by atoms with Crippen LogP contribution in [0.25, 0.3) is 0 Å². The first-order valence-electron chi connectivity index (χ1n) is 11.3. The summed E-state index contributed by atoms with van der Waals surface area (Å²) < 4.78 is 13.3.